The van der Waals surface area contributed by atoms with Crippen molar-refractivity contribution in [3.05, 3.63) is 0 Å². The van der Waals surface area contributed by atoms with Gasteiger partial charge in [0, 0.05) is 19.7 Å². The number of hydrogen-bond acceptors (Lipinski definition) is 4. The van der Waals surface area contributed by atoms with E-state index in [0.717, 1.165) is 45.7 Å². The van der Waals surface area contributed by atoms with Crippen molar-refractivity contribution in [2.75, 3.05) is 39.9 Å². The summed E-state index contributed by atoms with van der Waals surface area (Å²) in [5.41, 5.74) is 0. The maximum absolute atomic E-state index is 9.04. The van der Waals surface area contributed by atoms with E-state index in [4.69, 9.17) is 10.00 Å². The molecule has 0 spiro atoms. The molecule has 0 aromatic rings. The first-order valence-corrected chi connectivity index (χ1v) is 7.15. The van der Waals surface area contributed by atoms with Crippen LogP contribution in [0.4, 0.5) is 0 Å². The van der Waals surface area contributed by atoms with Crippen LogP contribution in [-0.2, 0) is 4.74 Å². The fourth-order valence-corrected chi connectivity index (χ4v) is 2.36. The highest BCUT2D eigenvalue weighted by Crippen LogP contribution is 2.14. The summed E-state index contributed by atoms with van der Waals surface area (Å²) in [5.74, 6) is 0.674. The molecule has 4 heteroatoms. The van der Waals surface area contributed by atoms with Gasteiger partial charge in [0.25, 0.3) is 0 Å². The van der Waals surface area contributed by atoms with Gasteiger partial charge in [-0.2, -0.15) is 5.26 Å². The first-order valence-electron chi connectivity index (χ1n) is 7.15. The fraction of sp³-hybridized carbons (Fsp3) is 0.929. The quantitative estimate of drug-likeness (QED) is 0.714. The van der Waals surface area contributed by atoms with Gasteiger partial charge in [0.15, 0.2) is 0 Å². The summed E-state index contributed by atoms with van der Waals surface area (Å²) < 4.78 is 5.49. The molecule has 1 aliphatic rings. The topological polar surface area (TPSA) is 48.3 Å². The van der Waals surface area contributed by atoms with Gasteiger partial charge in [-0.25, -0.2) is 0 Å². The Bertz CT molecular complexity index is 246. The molecule has 1 fully saturated rings. The molecule has 18 heavy (non-hydrogen) atoms. The summed E-state index contributed by atoms with van der Waals surface area (Å²) in [7, 11) is 2.14. The summed E-state index contributed by atoms with van der Waals surface area (Å²) in [4.78, 5) is 2.33. The molecular weight excluding hydrogens is 226 g/mol. The zero-order valence-corrected chi connectivity index (χ0v) is 11.8. The first kappa shape index (κ1) is 15.4. The molecule has 104 valence electrons. The van der Waals surface area contributed by atoms with E-state index in [0.29, 0.717) is 5.92 Å². The van der Waals surface area contributed by atoms with Crippen LogP contribution < -0.4 is 5.32 Å². The second-order valence-corrected chi connectivity index (χ2v) is 5.27. The van der Waals surface area contributed by atoms with E-state index in [1.165, 1.54) is 12.8 Å². The van der Waals surface area contributed by atoms with Gasteiger partial charge in [0.05, 0.1) is 18.7 Å². The van der Waals surface area contributed by atoms with Crippen molar-refractivity contribution < 1.29 is 4.74 Å². The lowest BCUT2D eigenvalue weighted by molar-refractivity contribution is 0.0418. The predicted molar refractivity (Wildman–Crippen MR) is 73.4 cm³/mol. The third kappa shape index (κ3) is 6.34. The standard InChI is InChI=1S/C14H27N3O/c1-3-7-16-14(10-15)6-8-17(2)11-13-5-4-9-18-12-13/h13-14,16H,3-9,11-12H2,1-2H3. The molecule has 2 unspecified atom stereocenters. The van der Waals surface area contributed by atoms with Crippen LogP contribution in [0.25, 0.3) is 0 Å². The van der Waals surface area contributed by atoms with Gasteiger partial charge in [-0.1, -0.05) is 6.92 Å². The van der Waals surface area contributed by atoms with E-state index in [1.807, 2.05) is 0 Å². The highest BCUT2D eigenvalue weighted by atomic mass is 16.5. The number of nitriles is 1. The Kier molecular flexibility index (Phi) is 7.99. The number of ether oxygens (including phenoxy) is 1. The third-order valence-corrected chi connectivity index (χ3v) is 3.42. The molecule has 1 heterocycles. The second-order valence-electron chi connectivity index (χ2n) is 5.27. The maximum atomic E-state index is 9.04. The minimum atomic E-state index is -0.00462. The molecule has 0 amide bonds. The van der Waals surface area contributed by atoms with Gasteiger partial charge in [-0.15, -0.1) is 0 Å². The molecule has 0 saturated carbocycles. The van der Waals surface area contributed by atoms with Gasteiger partial charge in [-0.05, 0) is 45.2 Å². The van der Waals surface area contributed by atoms with Crippen LogP contribution >= 0.6 is 0 Å². The Labute approximate surface area is 111 Å². The van der Waals surface area contributed by atoms with E-state index >= 15 is 0 Å². The van der Waals surface area contributed by atoms with E-state index in [-0.39, 0.29) is 6.04 Å². The lowest BCUT2D eigenvalue weighted by Crippen LogP contribution is -2.35. The Morgan fingerprint density at radius 2 is 2.39 bits per heavy atom. The Balaban J connectivity index is 2.14. The van der Waals surface area contributed by atoms with Crippen molar-refractivity contribution in [1.82, 2.24) is 10.2 Å². The van der Waals surface area contributed by atoms with Crippen LogP contribution in [0.3, 0.4) is 0 Å². The maximum Gasteiger partial charge on any atom is 0.0965 e. The lowest BCUT2D eigenvalue weighted by Gasteiger charge is -2.27. The van der Waals surface area contributed by atoms with Gasteiger partial charge in [-0.3, -0.25) is 0 Å². The summed E-state index contributed by atoms with van der Waals surface area (Å²) in [6.45, 7) is 6.95. The molecule has 0 radical (unpaired) electrons. The number of hydrogen-bond donors (Lipinski definition) is 1. The SMILES string of the molecule is CCCNC(C#N)CCN(C)CC1CCCOC1. The second kappa shape index (κ2) is 9.32. The van der Waals surface area contributed by atoms with Crippen LogP contribution in [0.5, 0.6) is 0 Å². The fourth-order valence-electron chi connectivity index (χ4n) is 2.36. The van der Waals surface area contributed by atoms with Crippen LogP contribution in [-0.4, -0.2) is 50.8 Å². The zero-order valence-electron chi connectivity index (χ0n) is 11.8. The molecule has 0 aromatic carbocycles. The van der Waals surface area contributed by atoms with E-state index < -0.39 is 0 Å². The molecule has 0 bridgehead atoms. The van der Waals surface area contributed by atoms with Gasteiger partial charge in [0.1, 0.15) is 0 Å². The highest BCUT2D eigenvalue weighted by molar-refractivity contribution is 4.89. The minimum Gasteiger partial charge on any atom is -0.381 e. The van der Waals surface area contributed by atoms with Crippen molar-refractivity contribution in [3.8, 4) is 6.07 Å². The molecule has 2 atom stereocenters. The normalized spacial score (nSPS) is 21.8. The number of nitrogens with zero attached hydrogens (tertiary/aromatic N) is 2. The Morgan fingerprint density at radius 3 is 3.00 bits per heavy atom. The molecule has 4 nitrogen and oxygen atoms in total. The smallest absolute Gasteiger partial charge is 0.0965 e. The van der Waals surface area contributed by atoms with Crippen molar-refractivity contribution in [2.45, 2.75) is 38.6 Å². The van der Waals surface area contributed by atoms with Crippen LogP contribution in [0.15, 0.2) is 0 Å². The van der Waals surface area contributed by atoms with E-state index in [9.17, 15) is 0 Å². The van der Waals surface area contributed by atoms with E-state index in [2.05, 4.69) is 30.3 Å². The van der Waals surface area contributed by atoms with Crippen LogP contribution in [0.2, 0.25) is 0 Å². The molecular formula is C14H27N3O. The Hall–Kier alpha value is -0.630. The number of rotatable bonds is 8. The molecule has 0 aliphatic carbocycles. The van der Waals surface area contributed by atoms with Gasteiger partial charge >= 0.3 is 0 Å². The Morgan fingerprint density at radius 1 is 1.56 bits per heavy atom. The average Bonchev–Trinajstić information content (AvgIpc) is 2.40. The monoisotopic (exact) mass is 253 g/mol. The van der Waals surface area contributed by atoms with Crippen LogP contribution in [0, 0.1) is 17.2 Å². The van der Waals surface area contributed by atoms with Crippen molar-refractivity contribution in [2.24, 2.45) is 5.92 Å². The average molecular weight is 253 g/mol. The summed E-state index contributed by atoms with van der Waals surface area (Å²) in [5, 5.41) is 12.3. The van der Waals surface area contributed by atoms with Crippen molar-refractivity contribution in [1.29, 1.82) is 5.26 Å². The van der Waals surface area contributed by atoms with Crippen molar-refractivity contribution >= 4 is 0 Å². The van der Waals surface area contributed by atoms with Crippen molar-refractivity contribution in [3.63, 3.8) is 0 Å². The summed E-state index contributed by atoms with van der Waals surface area (Å²) in [6, 6.07) is 2.33. The minimum absolute atomic E-state index is 0.00462. The van der Waals surface area contributed by atoms with Gasteiger partial charge < -0.3 is 15.0 Å². The van der Waals surface area contributed by atoms with Crippen LogP contribution in [0.1, 0.15) is 32.6 Å². The highest BCUT2D eigenvalue weighted by Gasteiger charge is 2.16. The zero-order chi connectivity index (χ0) is 13.2. The molecule has 1 saturated heterocycles. The summed E-state index contributed by atoms with van der Waals surface area (Å²) in [6.07, 6.45) is 4.45. The molecule has 0 aromatic heterocycles. The summed E-state index contributed by atoms with van der Waals surface area (Å²) >= 11 is 0. The predicted octanol–water partition coefficient (Wildman–Crippen LogP) is 1.63. The largest absolute Gasteiger partial charge is 0.381 e. The lowest BCUT2D eigenvalue weighted by atomic mass is 10.0. The first-order chi connectivity index (χ1) is 8.76. The molecule has 1 aliphatic heterocycles. The van der Waals surface area contributed by atoms with Gasteiger partial charge in [0.2, 0.25) is 0 Å². The third-order valence-electron chi connectivity index (χ3n) is 3.42. The molecule has 1 N–H and O–H groups in total. The number of nitrogens with one attached hydrogen (secondary N) is 1. The van der Waals surface area contributed by atoms with E-state index in [1.54, 1.807) is 0 Å². The molecule has 1 rings (SSSR count).